The van der Waals surface area contributed by atoms with Crippen molar-refractivity contribution in [1.82, 2.24) is 0 Å². The van der Waals surface area contributed by atoms with E-state index >= 15 is 0 Å². The van der Waals surface area contributed by atoms with Crippen LogP contribution in [0.25, 0.3) is 5.57 Å². The number of aryl methyl sites for hydroxylation is 1. The highest BCUT2D eigenvalue weighted by atomic mass is 32.1. The van der Waals surface area contributed by atoms with Gasteiger partial charge < -0.3 is 0 Å². The van der Waals surface area contributed by atoms with Crippen LogP contribution in [0.3, 0.4) is 0 Å². The summed E-state index contributed by atoms with van der Waals surface area (Å²) in [6.45, 7) is 8.94. The van der Waals surface area contributed by atoms with Gasteiger partial charge in [-0.15, -0.1) is 0 Å². The van der Waals surface area contributed by atoms with Crippen molar-refractivity contribution in [2.75, 3.05) is 0 Å². The van der Waals surface area contributed by atoms with Gasteiger partial charge in [-0.05, 0) is 60.6 Å². The van der Waals surface area contributed by atoms with E-state index in [2.05, 4.69) is 58.0 Å². The fourth-order valence-electron chi connectivity index (χ4n) is 2.56. The Morgan fingerprint density at radius 3 is 2.44 bits per heavy atom. The molecule has 0 radical (unpaired) electrons. The molecule has 0 saturated heterocycles. The number of hydrogen-bond acceptors (Lipinski definition) is 1. The van der Waals surface area contributed by atoms with Gasteiger partial charge in [-0.3, -0.25) is 0 Å². The molecule has 0 aliphatic heterocycles. The van der Waals surface area contributed by atoms with Crippen molar-refractivity contribution >= 4 is 23.2 Å². The molecule has 0 aliphatic carbocycles. The summed E-state index contributed by atoms with van der Waals surface area (Å²) in [5.41, 5.74) is 4.22. The molecule has 0 unspecified atom stereocenters. The van der Waals surface area contributed by atoms with Crippen LogP contribution in [0.5, 0.6) is 0 Å². The predicted octanol–water partition coefficient (Wildman–Crippen LogP) is 5.45. The first-order chi connectivity index (χ1) is 8.61. The SMILES string of the molecule is C/C=C(\c1ccccc1C)[C@H](CCC=S)C(C)C. The van der Waals surface area contributed by atoms with E-state index in [0.29, 0.717) is 11.8 Å². The molecule has 98 valence electrons. The van der Waals surface area contributed by atoms with E-state index in [-0.39, 0.29) is 0 Å². The third-order valence-electron chi connectivity index (χ3n) is 3.57. The highest BCUT2D eigenvalue weighted by molar-refractivity contribution is 7.78. The molecule has 0 fully saturated rings. The van der Waals surface area contributed by atoms with E-state index in [4.69, 9.17) is 12.2 Å². The number of allylic oxidation sites excluding steroid dienone is 2. The Bertz CT molecular complexity index is 415. The number of hydrogen-bond donors (Lipinski definition) is 0. The second-order valence-electron chi connectivity index (χ2n) is 5.15. The van der Waals surface area contributed by atoms with E-state index in [1.165, 1.54) is 16.7 Å². The second kappa shape index (κ2) is 7.48. The molecule has 0 heterocycles. The van der Waals surface area contributed by atoms with Crippen LogP contribution in [0.2, 0.25) is 0 Å². The second-order valence-corrected chi connectivity index (χ2v) is 5.49. The summed E-state index contributed by atoms with van der Waals surface area (Å²) in [4.78, 5) is 0. The lowest BCUT2D eigenvalue weighted by Crippen LogP contribution is -2.12. The Kier molecular flexibility index (Phi) is 6.28. The van der Waals surface area contributed by atoms with Crippen molar-refractivity contribution in [3.05, 3.63) is 41.5 Å². The van der Waals surface area contributed by atoms with Crippen molar-refractivity contribution in [3.63, 3.8) is 0 Å². The first-order valence-electron chi connectivity index (χ1n) is 6.77. The van der Waals surface area contributed by atoms with E-state index in [9.17, 15) is 0 Å². The average Bonchev–Trinajstić information content (AvgIpc) is 2.35. The summed E-state index contributed by atoms with van der Waals surface area (Å²) in [7, 11) is 0. The first kappa shape index (κ1) is 15.1. The molecule has 0 nitrogen and oxygen atoms in total. The summed E-state index contributed by atoms with van der Waals surface area (Å²) >= 11 is 4.98. The Balaban J connectivity index is 3.07. The minimum atomic E-state index is 0.593. The van der Waals surface area contributed by atoms with Gasteiger partial charge >= 0.3 is 0 Å². The lowest BCUT2D eigenvalue weighted by atomic mass is 9.80. The zero-order valence-corrected chi connectivity index (χ0v) is 12.8. The van der Waals surface area contributed by atoms with Crippen molar-refractivity contribution < 1.29 is 0 Å². The molecule has 0 saturated carbocycles. The molecule has 0 bridgehead atoms. The zero-order valence-electron chi connectivity index (χ0n) is 11.9. The Morgan fingerprint density at radius 2 is 1.94 bits per heavy atom. The van der Waals surface area contributed by atoms with Crippen LogP contribution < -0.4 is 0 Å². The van der Waals surface area contributed by atoms with Gasteiger partial charge in [0.25, 0.3) is 0 Å². The van der Waals surface area contributed by atoms with Gasteiger partial charge in [0.05, 0.1) is 0 Å². The fraction of sp³-hybridized carbons (Fsp3) is 0.471. The van der Waals surface area contributed by atoms with Gasteiger partial charge in [0, 0.05) is 0 Å². The van der Waals surface area contributed by atoms with Crippen molar-refractivity contribution in [3.8, 4) is 0 Å². The molecule has 1 atom stereocenters. The summed E-state index contributed by atoms with van der Waals surface area (Å²) in [5.74, 6) is 1.24. The largest absolute Gasteiger partial charge is 0.0935 e. The molecular weight excluding hydrogens is 236 g/mol. The minimum absolute atomic E-state index is 0.593. The molecule has 0 N–H and O–H groups in total. The van der Waals surface area contributed by atoms with Crippen molar-refractivity contribution in [2.45, 2.75) is 40.5 Å². The van der Waals surface area contributed by atoms with Crippen LogP contribution in [-0.4, -0.2) is 5.37 Å². The van der Waals surface area contributed by atoms with Crippen LogP contribution in [0.15, 0.2) is 30.3 Å². The molecule has 18 heavy (non-hydrogen) atoms. The van der Waals surface area contributed by atoms with Crippen LogP contribution in [-0.2, 0) is 0 Å². The monoisotopic (exact) mass is 260 g/mol. The Hall–Kier alpha value is -0.950. The smallest absolute Gasteiger partial charge is 0.0133 e. The van der Waals surface area contributed by atoms with Crippen molar-refractivity contribution in [2.24, 2.45) is 11.8 Å². The Morgan fingerprint density at radius 1 is 1.28 bits per heavy atom. The molecule has 0 spiro atoms. The molecule has 1 aromatic carbocycles. The Labute approximate surface area is 117 Å². The van der Waals surface area contributed by atoms with Gasteiger partial charge in [0.1, 0.15) is 0 Å². The third kappa shape index (κ3) is 3.78. The molecule has 0 aromatic heterocycles. The third-order valence-corrected chi connectivity index (χ3v) is 3.80. The van der Waals surface area contributed by atoms with Gasteiger partial charge in [-0.25, -0.2) is 0 Å². The predicted molar refractivity (Wildman–Crippen MR) is 86.0 cm³/mol. The molecule has 1 rings (SSSR count). The van der Waals surface area contributed by atoms with Crippen LogP contribution in [0, 0.1) is 18.8 Å². The minimum Gasteiger partial charge on any atom is -0.0935 e. The van der Waals surface area contributed by atoms with Crippen LogP contribution in [0.1, 0.15) is 44.7 Å². The first-order valence-corrected chi connectivity index (χ1v) is 7.24. The van der Waals surface area contributed by atoms with E-state index in [0.717, 1.165) is 12.8 Å². The highest BCUT2D eigenvalue weighted by Gasteiger charge is 2.19. The normalized spacial score (nSPS) is 13.7. The van der Waals surface area contributed by atoms with Crippen LogP contribution in [0.4, 0.5) is 0 Å². The summed E-state index contributed by atoms with van der Waals surface area (Å²) in [5, 5.41) is 1.86. The van der Waals surface area contributed by atoms with Crippen molar-refractivity contribution in [1.29, 1.82) is 0 Å². The van der Waals surface area contributed by atoms with E-state index < -0.39 is 0 Å². The van der Waals surface area contributed by atoms with Gasteiger partial charge in [-0.2, -0.15) is 0 Å². The lowest BCUT2D eigenvalue weighted by Gasteiger charge is -2.25. The number of benzene rings is 1. The van der Waals surface area contributed by atoms with Gasteiger partial charge in [0.2, 0.25) is 0 Å². The van der Waals surface area contributed by atoms with E-state index in [1.807, 2.05) is 5.37 Å². The molecule has 1 heteroatoms. The van der Waals surface area contributed by atoms with E-state index in [1.54, 1.807) is 0 Å². The summed E-state index contributed by atoms with van der Waals surface area (Å²) in [6, 6.07) is 8.66. The molecular formula is C17H24S. The molecule has 1 aromatic rings. The van der Waals surface area contributed by atoms with Gasteiger partial charge in [-0.1, -0.05) is 56.4 Å². The standard InChI is InChI=1S/C17H24S/c1-5-15(16(13(2)3)11-8-12-18)17-10-7-6-9-14(17)4/h5-7,9-10,12-13,16H,8,11H2,1-4H3/b15-5-/t16-/m1/s1. The number of rotatable bonds is 6. The lowest BCUT2D eigenvalue weighted by molar-refractivity contribution is 0.458. The molecule has 0 amide bonds. The number of thiocarbonyl (C=S) groups is 1. The highest BCUT2D eigenvalue weighted by Crippen LogP contribution is 2.34. The maximum Gasteiger partial charge on any atom is -0.0133 e. The van der Waals surface area contributed by atoms with Crippen LogP contribution >= 0.6 is 12.2 Å². The molecule has 0 aliphatic rings. The summed E-state index contributed by atoms with van der Waals surface area (Å²) in [6.07, 6.45) is 4.44. The fourth-order valence-corrected chi connectivity index (χ4v) is 2.70. The van der Waals surface area contributed by atoms with Gasteiger partial charge in [0.15, 0.2) is 0 Å². The average molecular weight is 260 g/mol. The topological polar surface area (TPSA) is 0 Å². The maximum absolute atomic E-state index is 4.98. The quantitative estimate of drug-likeness (QED) is 0.613. The maximum atomic E-state index is 4.98. The zero-order chi connectivity index (χ0) is 13.5. The summed E-state index contributed by atoms with van der Waals surface area (Å²) < 4.78 is 0.